The van der Waals surface area contributed by atoms with Crippen molar-refractivity contribution in [3.63, 3.8) is 0 Å². The largest absolute Gasteiger partial charge is 0.493 e. The van der Waals surface area contributed by atoms with Crippen molar-refractivity contribution in [2.24, 2.45) is 0 Å². The van der Waals surface area contributed by atoms with E-state index in [4.69, 9.17) is 14.2 Å². The number of benzene rings is 2. The highest BCUT2D eigenvalue weighted by atomic mass is 16.5. The van der Waals surface area contributed by atoms with Crippen LogP contribution < -0.4 is 24.4 Å². The van der Waals surface area contributed by atoms with Crippen molar-refractivity contribution in [3.8, 4) is 17.2 Å². The Kier molecular flexibility index (Phi) is 5.51. The highest BCUT2D eigenvalue weighted by Crippen LogP contribution is 2.38. The van der Waals surface area contributed by atoms with Gasteiger partial charge in [0, 0.05) is 30.9 Å². The second-order valence-corrected chi connectivity index (χ2v) is 6.04. The van der Waals surface area contributed by atoms with Crippen LogP contribution in [0.15, 0.2) is 36.4 Å². The normalized spacial score (nSPS) is 12.5. The second kappa shape index (κ2) is 7.99. The van der Waals surface area contributed by atoms with Gasteiger partial charge in [-0.1, -0.05) is 18.2 Å². The summed E-state index contributed by atoms with van der Waals surface area (Å²) < 4.78 is 15.9. The number of nitrogens with zero attached hydrogens (tertiary/aromatic N) is 1. The number of carbonyl (C=O) groups excluding carboxylic acids is 1. The van der Waals surface area contributed by atoms with E-state index in [0.29, 0.717) is 29.4 Å². The predicted molar refractivity (Wildman–Crippen MR) is 101 cm³/mol. The summed E-state index contributed by atoms with van der Waals surface area (Å²) in [6, 6.07) is 11.7. The third-order valence-electron chi connectivity index (χ3n) is 4.58. The first-order chi connectivity index (χ1) is 12.7. The Labute approximate surface area is 153 Å². The van der Waals surface area contributed by atoms with Gasteiger partial charge in [-0.05, 0) is 30.2 Å². The van der Waals surface area contributed by atoms with Crippen molar-refractivity contribution in [1.82, 2.24) is 5.32 Å². The Hall–Kier alpha value is -2.89. The zero-order chi connectivity index (χ0) is 18.5. The third-order valence-corrected chi connectivity index (χ3v) is 4.58. The molecule has 1 aliphatic heterocycles. The van der Waals surface area contributed by atoms with E-state index in [1.807, 2.05) is 6.07 Å². The molecule has 1 aliphatic rings. The number of anilines is 1. The van der Waals surface area contributed by atoms with Crippen molar-refractivity contribution in [3.05, 3.63) is 47.5 Å². The van der Waals surface area contributed by atoms with E-state index in [-0.39, 0.29) is 5.91 Å². The van der Waals surface area contributed by atoms with Crippen molar-refractivity contribution in [1.29, 1.82) is 0 Å². The molecule has 1 heterocycles. The highest BCUT2D eigenvalue weighted by molar-refractivity contribution is 5.95. The lowest BCUT2D eigenvalue weighted by Crippen LogP contribution is -2.34. The first-order valence-corrected chi connectivity index (χ1v) is 8.59. The molecule has 6 heteroatoms. The quantitative estimate of drug-likeness (QED) is 0.826. The summed E-state index contributed by atoms with van der Waals surface area (Å²) in [5.74, 6) is 1.23. The highest BCUT2D eigenvalue weighted by Gasteiger charge is 2.19. The maximum atomic E-state index is 12.5. The molecule has 2 aromatic rings. The Balaban J connectivity index is 1.64. The van der Waals surface area contributed by atoms with E-state index in [1.54, 1.807) is 12.1 Å². The average molecular weight is 356 g/mol. The summed E-state index contributed by atoms with van der Waals surface area (Å²) in [7, 11) is 4.60. The summed E-state index contributed by atoms with van der Waals surface area (Å²) in [6.07, 6.45) is 1.05. The van der Waals surface area contributed by atoms with Gasteiger partial charge in [-0.25, -0.2) is 0 Å². The van der Waals surface area contributed by atoms with Crippen molar-refractivity contribution in [2.45, 2.75) is 6.42 Å². The molecule has 0 fully saturated rings. The lowest BCUT2D eigenvalue weighted by atomic mass is 10.1. The molecule has 0 saturated heterocycles. The van der Waals surface area contributed by atoms with Gasteiger partial charge < -0.3 is 24.4 Å². The molecule has 3 rings (SSSR count). The van der Waals surface area contributed by atoms with Gasteiger partial charge in [-0.15, -0.1) is 0 Å². The number of carbonyl (C=O) groups is 1. The summed E-state index contributed by atoms with van der Waals surface area (Å²) in [6.45, 7) is 2.32. The molecule has 0 aliphatic carbocycles. The Morgan fingerprint density at radius 3 is 2.42 bits per heavy atom. The molecule has 138 valence electrons. The number of methoxy groups -OCH3 is 3. The number of nitrogens with one attached hydrogen (secondary N) is 1. The van der Waals surface area contributed by atoms with Gasteiger partial charge in [0.1, 0.15) is 0 Å². The van der Waals surface area contributed by atoms with Gasteiger partial charge in [0.2, 0.25) is 5.75 Å². The van der Waals surface area contributed by atoms with E-state index in [2.05, 4.69) is 28.4 Å². The molecule has 0 radical (unpaired) electrons. The van der Waals surface area contributed by atoms with Gasteiger partial charge in [-0.3, -0.25) is 4.79 Å². The number of hydrogen-bond donors (Lipinski definition) is 1. The Morgan fingerprint density at radius 2 is 1.77 bits per heavy atom. The number of ether oxygens (including phenoxy) is 3. The Bertz CT molecular complexity index is 766. The van der Waals surface area contributed by atoms with Crippen molar-refractivity contribution >= 4 is 11.6 Å². The number of amides is 1. The van der Waals surface area contributed by atoms with E-state index >= 15 is 0 Å². The van der Waals surface area contributed by atoms with Gasteiger partial charge >= 0.3 is 0 Å². The van der Waals surface area contributed by atoms with Crippen LogP contribution in [0.2, 0.25) is 0 Å². The van der Waals surface area contributed by atoms with Crippen LogP contribution in [0, 0.1) is 0 Å². The second-order valence-electron chi connectivity index (χ2n) is 6.04. The standard InChI is InChI=1S/C20H24N2O4/c1-24-17-12-15(13-18(25-2)19(17)26-3)20(23)21-9-11-22-10-8-14-6-4-5-7-16(14)22/h4-7,12-13H,8-11H2,1-3H3,(H,21,23). The van der Waals surface area contributed by atoms with Gasteiger partial charge in [0.25, 0.3) is 5.91 Å². The van der Waals surface area contributed by atoms with Crippen LogP contribution >= 0.6 is 0 Å². The molecule has 0 saturated carbocycles. The smallest absolute Gasteiger partial charge is 0.251 e. The lowest BCUT2D eigenvalue weighted by molar-refractivity contribution is 0.0954. The fraction of sp³-hybridized carbons (Fsp3) is 0.350. The number of fused-ring (bicyclic) bond motifs is 1. The van der Waals surface area contributed by atoms with E-state index in [1.165, 1.54) is 32.6 Å². The van der Waals surface area contributed by atoms with Crippen molar-refractivity contribution in [2.75, 3.05) is 45.9 Å². The molecular formula is C20H24N2O4. The van der Waals surface area contributed by atoms with Gasteiger partial charge in [0.05, 0.1) is 21.3 Å². The zero-order valence-corrected chi connectivity index (χ0v) is 15.4. The van der Waals surface area contributed by atoms with Crippen LogP contribution in [-0.4, -0.2) is 46.9 Å². The maximum Gasteiger partial charge on any atom is 0.251 e. The summed E-state index contributed by atoms with van der Waals surface area (Å²) >= 11 is 0. The molecule has 1 amide bonds. The minimum atomic E-state index is -0.170. The Morgan fingerprint density at radius 1 is 1.08 bits per heavy atom. The van der Waals surface area contributed by atoms with Crippen LogP contribution in [0.4, 0.5) is 5.69 Å². The van der Waals surface area contributed by atoms with Crippen LogP contribution in [0.25, 0.3) is 0 Å². The SMILES string of the molecule is COc1cc(C(=O)NCCN2CCc3ccccc32)cc(OC)c1OC. The number of rotatable bonds is 7. The molecule has 6 nitrogen and oxygen atoms in total. The van der Waals surface area contributed by atoms with Gasteiger partial charge in [0.15, 0.2) is 11.5 Å². The molecule has 2 aromatic carbocycles. The summed E-state index contributed by atoms with van der Waals surface area (Å²) in [5.41, 5.74) is 3.10. The first kappa shape index (κ1) is 17.9. The lowest BCUT2D eigenvalue weighted by Gasteiger charge is -2.19. The molecule has 0 unspecified atom stereocenters. The maximum absolute atomic E-state index is 12.5. The number of para-hydroxylation sites is 1. The van der Waals surface area contributed by atoms with Gasteiger partial charge in [-0.2, -0.15) is 0 Å². The van der Waals surface area contributed by atoms with Crippen LogP contribution in [0.1, 0.15) is 15.9 Å². The first-order valence-electron chi connectivity index (χ1n) is 8.59. The van der Waals surface area contributed by atoms with E-state index < -0.39 is 0 Å². The molecule has 0 bridgehead atoms. The molecular weight excluding hydrogens is 332 g/mol. The van der Waals surface area contributed by atoms with E-state index in [0.717, 1.165) is 19.5 Å². The average Bonchev–Trinajstić information content (AvgIpc) is 3.09. The minimum Gasteiger partial charge on any atom is -0.493 e. The fourth-order valence-electron chi connectivity index (χ4n) is 3.26. The summed E-state index contributed by atoms with van der Waals surface area (Å²) in [5, 5.41) is 2.96. The van der Waals surface area contributed by atoms with E-state index in [9.17, 15) is 4.79 Å². The van der Waals surface area contributed by atoms with Crippen LogP contribution in [0.5, 0.6) is 17.2 Å². The molecule has 1 N–H and O–H groups in total. The third kappa shape index (κ3) is 3.54. The summed E-state index contributed by atoms with van der Waals surface area (Å²) in [4.78, 5) is 14.8. The van der Waals surface area contributed by atoms with Crippen LogP contribution in [-0.2, 0) is 6.42 Å². The predicted octanol–water partition coefficient (Wildman–Crippen LogP) is 2.50. The minimum absolute atomic E-state index is 0.170. The number of hydrogen-bond acceptors (Lipinski definition) is 5. The van der Waals surface area contributed by atoms with Crippen LogP contribution in [0.3, 0.4) is 0 Å². The zero-order valence-electron chi connectivity index (χ0n) is 15.4. The molecule has 26 heavy (non-hydrogen) atoms. The molecule has 0 atom stereocenters. The fourth-order valence-corrected chi connectivity index (χ4v) is 3.26. The van der Waals surface area contributed by atoms with Crippen molar-refractivity contribution < 1.29 is 19.0 Å². The monoisotopic (exact) mass is 356 g/mol. The topological polar surface area (TPSA) is 60.0 Å². The molecule has 0 spiro atoms. The molecule has 0 aromatic heterocycles.